The first-order valence-corrected chi connectivity index (χ1v) is 10.6. The highest BCUT2D eigenvalue weighted by atomic mass is 16.7. The number of benzene rings is 2. The zero-order chi connectivity index (χ0) is 20.3. The molecule has 0 saturated carbocycles. The van der Waals surface area contributed by atoms with Crippen molar-refractivity contribution in [3.8, 4) is 22.8 Å². The average Bonchev–Trinajstić information content (AvgIpc) is 3.41. The van der Waals surface area contributed by atoms with Gasteiger partial charge in [-0.3, -0.25) is 9.58 Å². The molecule has 0 spiro atoms. The summed E-state index contributed by atoms with van der Waals surface area (Å²) in [5, 5.41) is 14.5. The van der Waals surface area contributed by atoms with Crippen molar-refractivity contribution in [3.63, 3.8) is 0 Å². The van der Waals surface area contributed by atoms with Crippen molar-refractivity contribution >= 4 is 0 Å². The molecule has 0 bridgehead atoms. The molecule has 2 aliphatic rings. The van der Waals surface area contributed by atoms with Crippen LogP contribution in [-0.4, -0.2) is 46.3 Å². The molecule has 6 nitrogen and oxygen atoms in total. The fraction of sp³-hybridized carbons (Fsp3) is 0.375. The quantitative estimate of drug-likeness (QED) is 0.680. The van der Waals surface area contributed by atoms with Gasteiger partial charge in [-0.15, -0.1) is 0 Å². The van der Waals surface area contributed by atoms with Gasteiger partial charge in [0.05, 0.1) is 12.2 Å². The monoisotopic (exact) mass is 405 g/mol. The number of aliphatic hydroxyl groups excluding tert-OH is 1. The second-order valence-electron chi connectivity index (χ2n) is 8.18. The molecule has 6 heteroatoms. The number of rotatable bonds is 6. The van der Waals surface area contributed by atoms with Gasteiger partial charge in [0.1, 0.15) is 0 Å². The number of hydrogen-bond acceptors (Lipinski definition) is 5. The largest absolute Gasteiger partial charge is 0.454 e. The molecular formula is C24H27N3O3. The summed E-state index contributed by atoms with van der Waals surface area (Å²) in [5.74, 6) is 1.92. The number of aromatic nitrogens is 2. The van der Waals surface area contributed by atoms with Crippen LogP contribution < -0.4 is 9.47 Å². The van der Waals surface area contributed by atoms with Gasteiger partial charge in [-0.2, -0.15) is 5.10 Å². The van der Waals surface area contributed by atoms with Gasteiger partial charge in [-0.25, -0.2) is 0 Å². The molecule has 1 fully saturated rings. The highest BCUT2D eigenvalue weighted by molar-refractivity contribution is 5.67. The molecule has 3 aromatic rings. The molecule has 156 valence electrons. The van der Waals surface area contributed by atoms with Crippen molar-refractivity contribution in [2.24, 2.45) is 5.92 Å². The van der Waals surface area contributed by atoms with E-state index in [9.17, 15) is 5.11 Å². The smallest absolute Gasteiger partial charge is 0.231 e. The first kappa shape index (κ1) is 19.2. The summed E-state index contributed by atoms with van der Waals surface area (Å²) < 4.78 is 13.1. The Kier molecular flexibility index (Phi) is 5.43. The van der Waals surface area contributed by atoms with Crippen LogP contribution in [0.1, 0.15) is 24.0 Å². The number of nitrogens with zero attached hydrogens (tertiary/aromatic N) is 3. The Morgan fingerprint density at radius 2 is 1.90 bits per heavy atom. The lowest BCUT2D eigenvalue weighted by Crippen LogP contribution is -2.36. The van der Waals surface area contributed by atoms with Crippen LogP contribution in [0, 0.1) is 5.92 Å². The van der Waals surface area contributed by atoms with Crippen molar-refractivity contribution in [1.82, 2.24) is 14.7 Å². The van der Waals surface area contributed by atoms with E-state index in [1.54, 1.807) is 0 Å². The lowest BCUT2D eigenvalue weighted by molar-refractivity contribution is 0.116. The van der Waals surface area contributed by atoms with Crippen LogP contribution in [0.15, 0.2) is 54.7 Å². The van der Waals surface area contributed by atoms with E-state index >= 15 is 0 Å². The molecule has 2 aliphatic heterocycles. The zero-order valence-electron chi connectivity index (χ0n) is 17.0. The maximum absolute atomic E-state index is 9.60. The molecule has 1 atom stereocenters. The van der Waals surface area contributed by atoms with Gasteiger partial charge in [0.25, 0.3) is 0 Å². The van der Waals surface area contributed by atoms with Crippen molar-refractivity contribution < 1.29 is 14.6 Å². The molecule has 2 aromatic carbocycles. The summed E-state index contributed by atoms with van der Waals surface area (Å²) in [6.07, 6.45) is 4.40. The minimum absolute atomic E-state index is 0.263. The second-order valence-corrected chi connectivity index (χ2v) is 8.18. The lowest BCUT2D eigenvalue weighted by atomic mass is 9.98. The maximum Gasteiger partial charge on any atom is 0.231 e. The second kappa shape index (κ2) is 8.50. The summed E-state index contributed by atoms with van der Waals surface area (Å²) in [4.78, 5) is 2.44. The molecule has 1 saturated heterocycles. The minimum Gasteiger partial charge on any atom is -0.454 e. The van der Waals surface area contributed by atoms with E-state index in [1.807, 2.05) is 22.9 Å². The van der Waals surface area contributed by atoms with Crippen molar-refractivity contribution in [2.45, 2.75) is 25.9 Å². The average molecular weight is 405 g/mol. The van der Waals surface area contributed by atoms with Crippen molar-refractivity contribution in [3.05, 3.63) is 65.9 Å². The standard InChI is InChI=1S/C24H27N3O3/c28-16-19-7-4-10-26(12-19)14-21-15-27(13-18-5-2-1-3-6-18)25-24(21)20-8-9-22-23(11-20)30-17-29-22/h1-3,5-6,8-9,11,15,19,28H,4,7,10,12-14,16-17H2/t19-/m1/s1. The van der Waals surface area contributed by atoms with E-state index < -0.39 is 0 Å². The highest BCUT2D eigenvalue weighted by Crippen LogP contribution is 2.36. The zero-order valence-corrected chi connectivity index (χ0v) is 17.0. The topological polar surface area (TPSA) is 59.8 Å². The third-order valence-corrected chi connectivity index (χ3v) is 5.93. The molecule has 1 N–H and O–H groups in total. The SMILES string of the molecule is OC[C@@H]1CCCN(Cc2cn(Cc3ccccc3)nc2-c2ccc3c(c2)OCO3)C1. The summed E-state index contributed by atoms with van der Waals surface area (Å²) in [5.41, 5.74) is 4.44. The molecule has 30 heavy (non-hydrogen) atoms. The highest BCUT2D eigenvalue weighted by Gasteiger charge is 2.23. The van der Waals surface area contributed by atoms with E-state index in [0.717, 1.165) is 61.8 Å². The van der Waals surface area contributed by atoms with Gasteiger partial charge in [0.2, 0.25) is 6.79 Å². The van der Waals surface area contributed by atoms with E-state index in [0.29, 0.717) is 5.92 Å². The Morgan fingerprint density at radius 1 is 1.03 bits per heavy atom. The molecule has 5 rings (SSSR count). The Morgan fingerprint density at radius 3 is 2.77 bits per heavy atom. The van der Waals surface area contributed by atoms with Crippen LogP contribution in [0.2, 0.25) is 0 Å². The molecular weight excluding hydrogens is 378 g/mol. The molecule has 0 radical (unpaired) electrons. The van der Waals surface area contributed by atoms with Gasteiger partial charge in [-0.05, 0) is 49.1 Å². The number of ether oxygens (including phenoxy) is 2. The summed E-state index contributed by atoms with van der Waals surface area (Å²) in [7, 11) is 0. The lowest BCUT2D eigenvalue weighted by Gasteiger charge is -2.31. The number of aliphatic hydroxyl groups is 1. The Labute approximate surface area is 176 Å². The van der Waals surface area contributed by atoms with Crippen LogP contribution in [-0.2, 0) is 13.1 Å². The molecule has 3 heterocycles. The number of piperidine rings is 1. The molecule has 0 amide bonds. The van der Waals surface area contributed by atoms with Gasteiger partial charge in [0, 0.05) is 37.0 Å². The normalized spacial score (nSPS) is 18.6. The van der Waals surface area contributed by atoms with Gasteiger partial charge >= 0.3 is 0 Å². The Balaban J connectivity index is 1.45. The van der Waals surface area contributed by atoms with Crippen molar-refractivity contribution in [1.29, 1.82) is 0 Å². The molecule has 0 aliphatic carbocycles. The minimum atomic E-state index is 0.263. The number of hydrogen-bond donors (Lipinski definition) is 1. The number of likely N-dealkylation sites (tertiary alicyclic amines) is 1. The van der Waals surface area contributed by atoms with Crippen LogP contribution in [0.3, 0.4) is 0 Å². The van der Waals surface area contributed by atoms with Crippen LogP contribution in [0.4, 0.5) is 0 Å². The van der Waals surface area contributed by atoms with Crippen LogP contribution in [0.25, 0.3) is 11.3 Å². The van der Waals surface area contributed by atoms with E-state index in [2.05, 4.69) is 41.4 Å². The third-order valence-electron chi connectivity index (χ3n) is 5.93. The maximum atomic E-state index is 9.60. The molecule has 0 unspecified atom stereocenters. The van der Waals surface area contributed by atoms with E-state index in [1.165, 1.54) is 11.1 Å². The Bertz CT molecular complexity index is 1000. The fourth-order valence-corrected chi connectivity index (χ4v) is 4.40. The first-order chi connectivity index (χ1) is 14.8. The van der Waals surface area contributed by atoms with E-state index in [-0.39, 0.29) is 13.4 Å². The van der Waals surface area contributed by atoms with E-state index in [4.69, 9.17) is 14.6 Å². The van der Waals surface area contributed by atoms with Crippen molar-refractivity contribution in [2.75, 3.05) is 26.5 Å². The molecule has 1 aromatic heterocycles. The third kappa shape index (κ3) is 4.06. The summed E-state index contributed by atoms with van der Waals surface area (Å²) in [6.45, 7) is 4.08. The van der Waals surface area contributed by atoms with Crippen LogP contribution >= 0.6 is 0 Å². The predicted molar refractivity (Wildman–Crippen MR) is 114 cm³/mol. The number of fused-ring (bicyclic) bond motifs is 1. The summed E-state index contributed by atoms with van der Waals surface area (Å²) in [6, 6.07) is 16.4. The van der Waals surface area contributed by atoms with Gasteiger partial charge in [-0.1, -0.05) is 30.3 Å². The van der Waals surface area contributed by atoms with Gasteiger partial charge in [0.15, 0.2) is 11.5 Å². The predicted octanol–water partition coefficient (Wildman–Crippen LogP) is 3.53. The Hall–Kier alpha value is -2.83. The first-order valence-electron chi connectivity index (χ1n) is 10.6. The van der Waals surface area contributed by atoms with Gasteiger partial charge < -0.3 is 14.6 Å². The fourth-order valence-electron chi connectivity index (χ4n) is 4.40. The van der Waals surface area contributed by atoms with Crippen LogP contribution in [0.5, 0.6) is 11.5 Å². The summed E-state index contributed by atoms with van der Waals surface area (Å²) >= 11 is 0.